The summed E-state index contributed by atoms with van der Waals surface area (Å²) in [5, 5.41) is 40.4. The third-order valence-corrected chi connectivity index (χ3v) is 9.62. The summed E-state index contributed by atoms with van der Waals surface area (Å²) in [7, 11) is 1.42. The quantitative estimate of drug-likeness (QED) is 0.109. The van der Waals surface area contributed by atoms with Gasteiger partial charge in [0.2, 0.25) is 0 Å². The monoisotopic (exact) mass is 746 g/mol. The number of aromatic nitrogens is 1. The SMILES string of the molecule is COc1ccc(-c2c(C#N)cc(N3CCC(N(Cc4ccc(/C=C/C(=O)NOC5CCCCO5)cc4)C(=O)O)CC3)nc2-c2ccc(C#N)c(F)c2)cc1O. The number of halogens is 1. The molecule has 0 radical (unpaired) electrons. The lowest BCUT2D eigenvalue weighted by atomic mass is 9.93. The van der Waals surface area contributed by atoms with Crippen LogP contribution < -0.4 is 15.1 Å². The molecule has 0 saturated carbocycles. The van der Waals surface area contributed by atoms with Crippen LogP contribution in [0.4, 0.5) is 15.0 Å². The lowest BCUT2D eigenvalue weighted by Crippen LogP contribution is -2.47. The van der Waals surface area contributed by atoms with Crippen molar-refractivity contribution >= 4 is 23.9 Å². The van der Waals surface area contributed by atoms with Crippen molar-refractivity contribution in [2.24, 2.45) is 0 Å². The molecule has 3 aromatic carbocycles. The second-order valence-corrected chi connectivity index (χ2v) is 13.1. The van der Waals surface area contributed by atoms with Crippen LogP contribution in [0.5, 0.6) is 11.5 Å². The molecule has 14 heteroatoms. The second kappa shape index (κ2) is 17.6. The van der Waals surface area contributed by atoms with Crippen LogP contribution in [-0.4, -0.2) is 71.2 Å². The van der Waals surface area contributed by atoms with Crippen molar-refractivity contribution in [1.29, 1.82) is 10.5 Å². The molecule has 2 fully saturated rings. The molecule has 6 rings (SSSR count). The van der Waals surface area contributed by atoms with Crippen molar-refractivity contribution in [1.82, 2.24) is 15.4 Å². The van der Waals surface area contributed by atoms with E-state index >= 15 is 0 Å². The Bertz CT molecular complexity index is 2150. The summed E-state index contributed by atoms with van der Waals surface area (Å²) >= 11 is 0. The number of nitrogens with zero attached hydrogens (tertiary/aromatic N) is 5. The smallest absolute Gasteiger partial charge is 0.407 e. The first kappa shape index (κ1) is 38.3. The number of piperidine rings is 1. The molecule has 0 spiro atoms. The predicted octanol–water partition coefficient (Wildman–Crippen LogP) is 6.75. The Morgan fingerprint density at radius 3 is 2.40 bits per heavy atom. The summed E-state index contributed by atoms with van der Waals surface area (Å²) in [6.07, 6.45) is 5.12. The van der Waals surface area contributed by atoms with Crippen LogP contribution in [0.1, 0.15) is 54.4 Å². The third kappa shape index (κ3) is 9.19. The van der Waals surface area contributed by atoms with Crippen LogP contribution in [0.25, 0.3) is 28.5 Å². The number of ether oxygens (including phenoxy) is 2. The number of methoxy groups -OCH3 is 1. The lowest BCUT2D eigenvalue weighted by Gasteiger charge is -2.38. The van der Waals surface area contributed by atoms with Crippen molar-refractivity contribution in [3.8, 4) is 46.0 Å². The zero-order valence-electron chi connectivity index (χ0n) is 30.1. The minimum absolute atomic E-state index is 0.141. The van der Waals surface area contributed by atoms with Gasteiger partial charge in [-0.3, -0.25) is 4.79 Å². The number of phenolic OH excluding ortho intramolecular Hbond substituents is 1. The van der Waals surface area contributed by atoms with E-state index in [-0.39, 0.29) is 40.9 Å². The van der Waals surface area contributed by atoms with Gasteiger partial charge in [-0.15, -0.1) is 0 Å². The summed E-state index contributed by atoms with van der Waals surface area (Å²) in [6, 6.07) is 21.4. The topological polar surface area (TPSA) is 181 Å². The first-order chi connectivity index (χ1) is 26.7. The number of carbonyl (C=O) groups is 2. The molecule has 0 aliphatic carbocycles. The average Bonchev–Trinajstić information content (AvgIpc) is 3.21. The molecule has 3 heterocycles. The van der Waals surface area contributed by atoms with E-state index in [1.165, 1.54) is 36.3 Å². The highest BCUT2D eigenvalue weighted by Gasteiger charge is 2.30. The molecule has 1 atom stereocenters. The number of carbonyl (C=O) groups excluding carboxylic acids is 1. The minimum atomic E-state index is -1.05. The van der Waals surface area contributed by atoms with Gasteiger partial charge in [-0.05, 0) is 78.8 Å². The van der Waals surface area contributed by atoms with Crippen LogP contribution in [0.15, 0.2) is 72.8 Å². The van der Waals surface area contributed by atoms with E-state index in [9.17, 15) is 34.7 Å². The summed E-state index contributed by atoms with van der Waals surface area (Å²) in [5.41, 5.74) is 5.42. The number of amides is 2. The number of nitriles is 2. The van der Waals surface area contributed by atoms with E-state index in [1.807, 2.05) is 23.1 Å². The second-order valence-electron chi connectivity index (χ2n) is 13.1. The molecule has 2 aliphatic rings. The number of anilines is 1. The van der Waals surface area contributed by atoms with Crippen LogP contribution in [0.2, 0.25) is 0 Å². The molecule has 0 bridgehead atoms. The number of nitrogens with one attached hydrogen (secondary N) is 1. The summed E-state index contributed by atoms with van der Waals surface area (Å²) in [5.74, 6) is -0.635. The fourth-order valence-corrected chi connectivity index (χ4v) is 6.71. The highest BCUT2D eigenvalue weighted by Crippen LogP contribution is 2.40. The van der Waals surface area contributed by atoms with Crippen LogP contribution in [0, 0.1) is 28.5 Å². The van der Waals surface area contributed by atoms with Crippen molar-refractivity contribution in [2.45, 2.75) is 51.0 Å². The van der Waals surface area contributed by atoms with Gasteiger partial charge >= 0.3 is 6.09 Å². The molecule has 1 aromatic heterocycles. The number of hydrogen-bond acceptors (Lipinski definition) is 10. The van der Waals surface area contributed by atoms with Gasteiger partial charge in [0.15, 0.2) is 17.8 Å². The predicted molar refractivity (Wildman–Crippen MR) is 200 cm³/mol. The van der Waals surface area contributed by atoms with Crippen molar-refractivity contribution in [3.05, 3.63) is 101 Å². The maximum absolute atomic E-state index is 14.9. The Hall–Kier alpha value is -6.48. The number of rotatable bonds is 11. The van der Waals surface area contributed by atoms with Crippen molar-refractivity contribution in [3.63, 3.8) is 0 Å². The van der Waals surface area contributed by atoms with Gasteiger partial charge in [-0.1, -0.05) is 36.4 Å². The molecule has 55 heavy (non-hydrogen) atoms. The largest absolute Gasteiger partial charge is 0.504 e. The van der Waals surface area contributed by atoms with Gasteiger partial charge in [-0.25, -0.2) is 24.5 Å². The summed E-state index contributed by atoms with van der Waals surface area (Å²) < 4.78 is 25.5. The highest BCUT2D eigenvalue weighted by atomic mass is 19.1. The van der Waals surface area contributed by atoms with Gasteiger partial charge in [0.25, 0.3) is 5.91 Å². The number of pyridine rings is 1. The van der Waals surface area contributed by atoms with Crippen LogP contribution >= 0.6 is 0 Å². The zero-order valence-corrected chi connectivity index (χ0v) is 30.1. The number of carboxylic acid groups (broad SMARTS) is 1. The number of phenols is 1. The molecule has 2 saturated heterocycles. The molecule has 3 N–H and O–H groups in total. The Morgan fingerprint density at radius 2 is 1.76 bits per heavy atom. The van der Waals surface area contributed by atoms with E-state index < -0.39 is 24.1 Å². The van der Waals surface area contributed by atoms with Gasteiger partial charge < -0.3 is 29.5 Å². The summed E-state index contributed by atoms with van der Waals surface area (Å²) in [6.45, 7) is 1.62. The molecule has 282 valence electrons. The van der Waals surface area contributed by atoms with Crippen molar-refractivity contribution < 1.29 is 38.5 Å². The number of benzene rings is 3. The molecule has 2 aliphatic heterocycles. The number of hydroxylamine groups is 1. The lowest BCUT2D eigenvalue weighted by molar-refractivity contribution is -0.198. The Labute approximate surface area is 317 Å². The maximum Gasteiger partial charge on any atom is 0.407 e. The highest BCUT2D eigenvalue weighted by molar-refractivity contribution is 5.91. The molecule has 2 amide bonds. The first-order valence-electron chi connectivity index (χ1n) is 17.8. The Balaban J connectivity index is 1.16. The first-order valence-corrected chi connectivity index (χ1v) is 17.8. The van der Waals surface area contributed by atoms with E-state index in [4.69, 9.17) is 19.3 Å². The third-order valence-electron chi connectivity index (χ3n) is 9.62. The average molecular weight is 747 g/mol. The standard InChI is InChI=1S/C41H39FN6O7/c1-53-35-13-12-28(21-34(35)49)39-31(24-44)22-36(45-40(39)29-10-11-30(23-43)33(42)20-29)47-17-15-32(16-18-47)48(41(51)52)25-27-7-5-26(6-8-27)9-14-37(50)46-55-38-4-2-3-19-54-38/h5-14,20-22,32,38,49H,2-4,15-19,25H2,1H3,(H,46,50)(H,51,52)/b14-9+. The molecule has 1 unspecified atom stereocenters. The molecule has 13 nitrogen and oxygen atoms in total. The maximum atomic E-state index is 14.9. The van der Waals surface area contributed by atoms with E-state index in [0.29, 0.717) is 55.0 Å². The number of aromatic hydroxyl groups is 1. The normalized spacial score (nSPS) is 15.9. The number of hydrogen-bond donors (Lipinski definition) is 3. The van der Waals surface area contributed by atoms with Gasteiger partial charge in [0, 0.05) is 55.9 Å². The molecular weight excluding hydrogens is 707 g/mol. The zero-order chi connectivity index (χ0) is 38.9. The molecular formula is C41H39FN6O7. The van der Waals surface area contributed by atoms with Gasteiger partial charge in [0.05, 0.1) is 30.0 Å². The fourth-order valence-electron chi connectivity index (χ4n) is 6.71. The van der Waals surface area contributed by atoms with E-state index in [0.717, 1.165) is 30.4 Å². The van der Waals surface area contributed by atoms with Crippen molar-refractivity contribution in [2.75, 3.05) is 31.7 Å². The van der Waals surface area contributed by atoms with E-state index in [1.54, 1.807) is 42.5 Å². The summed E-state index contributed by atoms with van der Waals surface area (Å²) in [4.78, 5) is 38.2. The van der Waals surface area contributed by atoms with Crippen LogP contribution in [0.3, 0.4) is 0 Å². The molecule has 4 aromatic rings. The Morgan fingerprint density at radius 1 is 1.02 bits per heavy atom. The van der Waals surface area contributed by atoms with Gasteiger partial charge in [-0.2, -0.15) is 10.5 Å². The minimum Gasteiger partial charge on any atom is -0.504 e. The Kier molecular flexibility index (Phi) is 12.2. The van der Waals surface area contributed by atoms with Crippen LogP contribution in [-0.2, 0) is 20.9 Å². The van der Waals surface area contributed by atoms with E-state index in [2.05, 4.69) is 11.5 Å². The van der Waals surface area contributed by atoms with Gasteiger partial charge in [0.1, 0.15) is 17.7 Å². The fraction of sp³-hybridized carbons (Fsp3) is 0.293.